The SMILES string of the molecule is CC(Oc1ccc(S(=O)(=O)c2ccc(O)cc2)cc1)C(=O)Nc1ccc(CCCc2nnc3c(Cl)c(C(C)(C)C)[nH]n23)cc1. The second kappa shape index (κ2) is 12.3. The summed E-state index contributed by atoms with van der Waals surface area (Å²) in [6.07, 6.45) is 1.57. The van der Waals surface area contributed by atoms with E-state index < -0.39 is 15.9 Å². The van der Waals surface area contributed by atoms with E-state index in [0.717, 1.165) is 36.3 Å². The van der Waals surface area contributed by atoms with Crippen LogP contribution in [0, 0.1) is 0 Å². The number of ether oxygens (including phenoxy) is 1. The van der Waals surface area contributed by atoms with E-state index in [1.807, 2.05) is 28.8 Å². The number of fused-ring (bicyclic) bond motifs is 1. The van der Waals surface area contributed by atoms with Crippen molar-refractivity contribution < 1.29 is 23.1 Å². The molecule has 0 aliphatic rings. The second-order valence-corrected chi connectivity index (χ2v) is 13.9. The number of amides is 1. The first kappa shape index (κ1) is 31.1. The van der Waals surface area contributed by atoms with Crippen LogP contribution < -0.4 is 10.1 Å². The summed E-state index contributed by atoms with van der Waals surface area (Å²) in [5, 5.41) is 24.8. The van der Waals surface area contributed by atoms with Gasteiger partial charge in [-0.05, 0) is 86.0 Å². The number of benzene rings is 3. The maximum absolute atomic E-state index is 12.8. The monoisotopic (exact) mass is 635 g/mol. The lowest BCUT2D eigenvalue weighted by atomic mass is 9.92. The number of aryl methyl sites for hydroxylation is 2. The number of hydrogen-bond acceptors (Lipinski definition) is 7. The molecule has 0 saturated heterocycles. The minimum Gasteiger partial charge on any atom is -0.508 e. The Hall–Kier alpha value is -4.35. The lowest BCUT2D eigenvalue weighted by Gasteiger charge is -2.16. The fraction of sp³-hybridized carbons (Fsp3) is 0.281. The molecule has 44 heavy (non-hydrogen) atoms. The number of phenols is 1. The van der Waals surface area contributed by atoms with Crippen LogP contribution in [-0.4, -0.2) is 45.3 Å². The highest BCUT2D eigenvalue weighted by Gasteiger charge is 2.24. The number of nitrogens with one attached hydrogen (secondary N) is 2. The molecule has 10 nitrogen and oxygen atoms in total. The van der Waals surface area contributed by atoms with Crippen molar-refractivity contribution in [1.82, 2.24) is 19.8 Å². The number of aromatic amines is 1. The maximum atomic E-state index is 12.8. The summed E-state index contributed by atoms with van der Waals surface area (Å²) in [4.78, 5) is 12.9. The first-order chi connectivity index (χ1) is 20.8. The zero-order valence-corrected chi connectivity index (χ0v) is 26.4. The molecule has 5 rings (SSSR count). The van der Waals surface area contributed by atoms with E-state index in [2.05, 4.69) is 41.4 Å². The Bertz CT molecular complexity index is 1880. The van der Waals surface area contributed by atoms with E-state index in [1.54, 1.807) is 6.92 Å². The molecule has 230 valence electrons. The lowest BCUT2D eigenvalue weighted by molar-refractivity contribution is -0.122. The molecule has 2 heterocycles. The predicted octanol–water partition coefficient (Wildman–Crippen LogP) is 6.13. The van der Waals surface area contributed by atoms with Gasteiger partial charge in [-0.3, -0.25) is 9.89 Å². The van der Waals surface area contributed by atoms with Crippen molar-refractivity contribution in [2.45, 2.75) is 68.3 Å². The average molecular weight is 636 g/mol. The molecule has 12 heteroatoms. The topological polar surface area (TPSA) is 139 Å². The number of carbonyl (C=O) groups excluding carboxylic acids is 1. The molecule has 0 aliphatic heterocycles. The number of aromatic nitrogens is 4. The Morgan fingerprint density at radius 3 is 2.20 bits per heavy atom. The van der Waals surface area contributed by atoms with Crippen molar-refractivity contribution in [1.29, 1.82) is 0 Å². The highest BCUT2D eigenvalue weighted by molar-refractivity contribution is 7.91. The van der Waals surface area contributed by atoms with Crippen LogP contribution in [-0.2, 0) is 32.9 Å². The molecule has 0 spiro atoms. The molecule has 1 atom stereocenters. The maximum Gasteiger partial charge on any atom is 0.265 e. The molecule has 3 aromatic carbocycles. The van der Waals surface area contributed by atoms with Crippen LogP contribution in [0.5, 0.6) is 11.5 Å². The first-order valence-corrected chi connectivity index (χ1v) is 16.0. The van der Waals surface area contributed by atoms with Gasteiger partial charge in [-0.1, -0.05) is 44.5 Å². The van der Waals surface area contributed by atoms with Crippen LogP contribution in [0.1, 0.15) is 51.2 Å². The number of sulfone groups is 1. The summed E-state index contributed by atoms with van der Waals surface area (Å²) < 4.78 is 33.2. The third kappa shape index (κ3) is 6.74. The minimum atomic E-state index is -3.75. The molecule has 5 aromatic rings. The fourth-order valence-electron chi connectivity index (χ4n) is 4.67. The molecular formula is C32H34ClN5O5S. The average Bonchev–Trinajstić information content (AvgIpc) is 3.54. The van der Waals surface area contributed by atoms with Crippen molar-refractivity contribution in [2.75, 3.05) is 5.32 Å². The summed E-state index contributed by atoms with van der Waals surface area (Å²) in [6, 6.07) is 18.8. The highest BCUT2D eigenvalue weighted by Crippen LogP contribution is 2.31. The number of carbonyl (C=O) groups is 1. The van der Waals surface area contributed by atoms with Crippen LogP contribution in [0.3, 0.4) is 0 Å². The summed E-state index contributed by atoms with van der Waals surface area (Å²) >= 11 is 6.52. The number of hydrogen-bond donors (Lipinski definition) is 3. The van der Waals surface area contributed by atoms with Crippen molar-refractivity contribution in [2.24, 2.45) is 0 Å². The van der Waals surface area contributed by atoms with Crippen LogP contribution >= 0.6 is 11.6 Å². The zero-order chi connectivity index (χ0) is 31.6. The van der Waals surface area contributed by atoms with Gasteiger partial charge >= 0.3 is 0 Å². The Balaban J connectivity index is 1.12. The van der Waals surface area contributed by atoms with Gasteiger partial charge in [0.2, 0.25) is 9.84 Å². The number of rotatable bonds is 10. The molecule has 2 aromatic heterocycles. The third-order valence-electron chi connectivity index (χ3n) is 7.17. The van der Waals surface area contributed by atoms with E-state index in [0.29, 0.717) is 22.1 Å². The minimum absolute atomic E-state index is 0.0185. The summed E-state index contributed by atoms with van der Waals surface area (Å²) in [5.41, 5.74) is 3.19. The van der Waals surface area contributed by atoms with Gasteiger partial charge in [0.25, 0.3) is 5.91 Å². The fourth-order valence-corrected chi connectivity index (χ4v) is 6.38. The van der Waals surface area contributed by atoms with E-state index in [4.69, 9.17) is 16.3 Å². The normalized spacial score (nSPS) is 12.8. The van der Waals surface area contributed by atoms with Gasteiger partial charge in [-0.2, -0.15) is 0 Å². The van der Waals surface area contributed by atoms with E-state index >= 15 is 0 Å². The predicted molar refractivity (Wildman–Crippen MR) is 168 cm³/mol. The lowest BCUT2D eigenvalue weighted by Crippen LogP contribution is -2.30. The number of nitrogens with zero attached hydrogens (tertiary/aromatic N) is 3. The number of anilines is 1. The van der Waals surface area contributed by atoms with Crippen molar-refractivity contribution in [3.05, 3.63) is 94.9 Å². The Labute approximate surface area is 261 Å². The number of aromatic hydroxyl groups is 1. The Morgan fingerprint density at radius 1 is 0.977 bits per heavy atom. The molecule has 0 fully saturated rings. The third-order valence-corrected chi connectivity index (χ3v) is 9.31. The number of phenolic OH excluding ortho intramolecular Hbond substituents is 1. The number of halogens is 1. The molecule has 1 unspecified atom stereocenters. The standard InChI is InChI=1S/C32H34ClN5O5S/c1-20(43-24-14-18-26(19-15-24)44(41,42)25-16-12-23(39)13-17-25)31(40)34-22-10-8-21(9-11-22)6-5-7-27-35-36-30-28(33)29(32(2,3)4)37-38(27)30/h8-20,37,39H,5-7H2,1-4H3,(H,34,40). The van der Waals surface area contributed by atoms with Gasteiger partial charge in [-0.15, -0.1) is 10.2 Å². The summed E-state index contributed by atoms with van der Waals surface area (Å²) in [5.74, 6) is 0.821. The molecule has 0 saturated carbocycles. The second-order valence-electron chi connectivity index (χ2n) is 11.6. The van der Waals surface area contributed by atoms with Crippen LogP contribution in [0.25, 0.3) is 5.65 Å². The first-order valence-electron chi connectivity index (χ1n) is 14.2. The molecule has 3 N–H and O–H groups in total. The van der Waals surface area contributed by atoms with Crippen LogP contribution in [0.4, 0.5) is 5.69 Å². The largest absolute Gasteiger partial charge is 0.508 e. The van der Waals surface area contributed by atoms with Crippen molar-refractivity contribution >= 4 is 38.7 Å². The van der Waals surface area contributed by atoms with Gasteiger partial charge in [-0.25, -0.2) is 12.9 Å². The molecule has 0 radical (unpaired) electrons. The molecule has 0 bridgehead atoms. The van der Waals surface area contributed by atoms with Crippen molar-refractivity contribution in [3.8, 4) is 11.5 Å². The van der Waals surface area contributed by atoms with E-state index in [9.17, 15) is 18.3 Å². The Kier molecular flexibility index (Phi) is 8.71. The van der Waals surface area contributed by atoms with Gasteiger partial charge in [0.15, 0.2) is 17.6 Å². The highest BCUT2D eigenvalue weighted by atomic mass is 35.5. The van der Waals surface area contributed by atoms with Gasteiger partial charge in [0, 0.05) is 17.5 Å². The van der Waals surface area contributed by atoms with E-state index in [1.165, 1.54) is 48.5 Å². The Morgan fingerprint density at radius 2 is 1.59 bits per heavy atom. The molecule has 1 amide bonds. The van der Waals surface area contributed by atoms with Gasteiger partial charge in [0.05, 0.1) is 15.5 Å². The van der Waals surface area contributed by atoms with Crippen molar-refractivity contribution in [3.63, 3.8) is 0 Å². The van der Waals surface area contributed by atoms with Gasteiger partial charge in [0.1, 0.15) is 16.5 Å². The van der Waals surface area contributed by atoms with Crippen LogP contribution in [0.15, 0.2) is 82.6 Å². The molecule has 0 aliphatic carbocycles. The van der Waals surface area contributed by atoms with Gasteiger partial charge < -0.3 is 15.2 Å². The number of H-pyrrole nitrogens is 1. The zero-order valence-electron chi connectivity index (χ0n) is 24.8. The summed E-state index contributed by atoms with van der Waals surface area (Å²) in [7, 11) is -3.75. The van der Waals surface area contributed by atoms with Crippen LogP contribution in [0.2, 0.25) is 5.02 Å². The summed E-state index contributed by atoms with van der Waals surface area (Å²) in [6.45, 7) is 7.89. The van der Waals surface area contributed by atoms with E-state index in [-0.39, 0.29) is 26.9 Å². The smallest absolute Gasteiger partial charge is 0.265 e. The molecular weight excluding hydrogens is 602 g/mol. The quantitative estimate of drug-likeness (QED) is 0.168.